The van der Waals surface area contributed by atoms with Crippen molar-refractivity contribution < 1.29 is 4.79 Å². The van der Waals surface area contributed by atoms with Crippen LogP contribution in [-0.4, -0.2) is 62.1 Å². The molecule has 144 valence electrons. The molecule has 1 fully saturated rings. The Morgan fingerprint density at radius 1 is 1.03 bits per heavy atom. The number of amides is 1. The van der Waals surface area contributed by atoms with Gasteiger partial charge >= 0.3 is 0 Å². The quantitative estimate of drug-likeness (QED) is 0.582. The van der Waals surface area contributed by atoms with E-state index in [0.717, 1.165) is 41.1 Å². The molecule has 8 heteroatoms. The fourth-order valence-corrected chi connectivity index (χ4v) is 3.65. The molecule has 8 nitrogen and oxygen atoms in total. The highest BCUT2D eigenvalue weighted by Crippen LogP contribution is 2.26. The van der Waals surface area contributed by atoms with Gasteiger partial charge < -0.3 is 9.80 Å². The van der Waals surface area contributed by atoms with Gasteiger partial charge in [0.2, 0.25) is 0 Å². The summed E-state index contributed by atoms with van der Waals surface area (Å²) in [5.74, 6) is 0.864. The Bertz CT molecular complexity index is 1140. The summed E-state index contributed by atoms with van der Waals surface area (Å²) in [6, 6.07) is 9.61. The number of aromatic amines is 1. The minimum Gasteiger partial charge on any atom is -0.352 e. The number of nitrogens with one attached hydrogen (secondary N) is 1. The van der Waals surface area contributed by atoms with E-state index in [0.29, 0.717) is 18.7 Å². The van der Waals surface area contributed by atoms with Crippen LogP contribution in [0.1, 0.15) is 10.4 Å². The van der Waals surface area contributed by atoms with Crippen molar-refractivity contribution in [2.45, 2.75) is 0 Å². The molecule has 0 spiro atoms. The van der Waals surface area contributed by atoms with Crippen molar-refractivity contribution in [3.05, 3.63) is 66.9 Å². The monoisotopic (exact) mass is 385 g/mol. The predicted octanol–water partition coefficient (Wildman–Crippen LogP) is 2.38. The molecular formula is C21H19N7O. The summed E-state index contributed by atoms with van der Waals surface area (Å²) < 4.78 is 0. The highest BCUT2D eigenvalue weighted by Gasteiger charge is 2.25. The molecule has 4 aromatic rings. The zero-order chi connectivity index (χ0) is 19.6. The smallest absolute Gasteiger partial charge is 0.254 e. The number of aromatic nitrogens is 5. The molecule has 1 saturated heterocycles. The van der Waals surface area contributed by atoms with Crippen molar-refractivity contribution >= 4 is 22.6 Å². The lowest BCUT2D eigenvalue weighted by atomic mass is 10.0. The molecule has 1 amide bonds. The number of benzene rings is 1. The highest BCUT2D eigenvalue weighted by atomic mass is 16.2. The van der Waals surface area contributed by atoms with Crippen LogP contribution in [0.2, 0.25) is 0 Å². The fourth-order valence-electron chi connectivity index (χ4n) is 3.65. The lowest BCUT2D eigenvalue weighted by Crippen LogP contribution is -2.49. The number of pyridine rings is 1. The van der Waals surface area contributed by atoms with E-state index in [1.165, 1.54) is 0 Å². The molecule has 0 atom stereocenters. The van der Waals surface area contributed by atoms with Crippen LogP contribution in [0.25, 0.3) is 22.2 Å². The molecule has 0 bridgehead atoms. The molecule has 5 rings (SSSR count). The van der Waals surface area contributed by atoms with Crippen LogP contribution in [-0.2, 0) is 0 Å². The summed E-state index contributed by atoms with van der Waals surface area (Å²) in [7, 11) is 0. The molecule has 1 aromatic carbocycles. The number of para-hydroxylation sites is 1. The van der Waals surface area contributed by atoms with Crippen molar-refractivity contribution in [2.24, 2.45) is 0 Å². The van der Waals surface area contributed by atoms with E-state index in [9.17, 15) is 4.79 Å². The van der Waals surface area contributed by atoms with Gasteiger partial charge in [-0.05, 0) is 12.1 Å². The largest absolute Gasteiger partial charge is 0.352 e. The third kappa shape index (κ3) is 3.29. The summed E-state index contributed by atoms with van der Waals surface area (Å²) in [6.45, 7) is 2.71. The third-order valence-electron chi connectivity index (χ3n) is 5.18. The molecule has 29 heavy (non-hydrogen) atoms. The van der Waals surface area contributed by atoms with Crippen LogP contribution in [0, 0.1) is 0 Å². The zero-order valence-electron chi connectivity index (χ0n) is 15.7. The molecule has 3 aromatic heterocycles. The van der Waals surface area contributed by atoms with E-state index in [1.54, 1.807) is 31.0 Å². The number of anilines is 1. The number of hydrogen-bond donors (Lipinski definition) is 1. The average molecular weight is 385 g/mol. The second-order valence-corrected chi connectivity index (χ2v) is 6.90. The summed E-state index contributed by atoms with van der Waals surface area (Å²) in [6.07, 6.45) is 8.60. The van der Waals surface area contributed by atoms with E-state index in [4.69, 9.17) is 4.98 Å². The zero-order valence-corrected chi connectivity index (χ0v) is 15.7. The predicted molar refractivity (Wildman–Crippen MR) is 109 cm³/mol. The Labute approximate surface area is 167 Å². The van der Waals surface area contributed by atoms with Gasteiger partial charge in [-0.1, -0.05) is 18.2 Å². The first-order valence-corrected chi connectivity index (χ1v) is 9.49. The fraction of sp³-hybridized carbons (Fsp3) is 0.190. The van der Waals surface area contributed by atoms with Crippen LogP contribution in [0.4, 0.5) is 5.82 Å². The normalized spacial score (nSPS) is 14.3. The molecule has 0 unspecified atom stereocenters. The first-order valence-electron chi connectivity index (χ1n) is 9.49. The van der Waals surface area contributed by atoms with Crippen LogP contribution in [0.5, 0.6) is 0 Å². The second kappa shape index (κ2) is 7.31. The van der Waals surface area contributed by atoms with Crippen LogP contribution < -0.4 is 4.90 Å². The average Bonchev–Trinajstić information content (AvgIpc) is 3.34. The maximum atomic E-state index is 13.4. The third-order valence-corrected chi connectivity index (χ3v) is 5.18. The SMILES string of the molecule is O=C(c1cc(-c2cn[nH]c2)nc2ccccc12)N1CCN(c2cnccn2)CC1. The molecule has 1 aliphatic heterocycles. The van der Waals surface area contributed by atoms with Crippen LogP contribution >= 0.6 is 0 Å². The van der Waals surface area contributed by atoms with E-state index in [-0.39, 0.29) is 5.91 Å². The van der Waals surface area contributed by atoms with Crippen molar-refractivity contribution in [2.75, 3.05) is 31.1 Å². The number of fused-ring (bicyclic) bond motifs is 1. The van der Waals surface area contributed by atoms with E-state index < -0.39 is 0 Å². The number of H-pyrrole nitrogens is 1. The maximum Gasteiger partial charge on any atom is 0.254 e. The number of carbonyl (C=O) groups is 1. The van der Waals surface area contributed by atoms with E-state index in [2.05, 4.69) is 25.1 Å². The van der Waals surface area contributed by atoms with Gasteiger partial charge in [-0.15, -0.1) is 0 Å². The molecule has 1 N–H and O–H groups in total. The number of piperazine rings is 1. The Morgan fingerprint density at radius 3 is 2.66 bits per heavy atom. The summed E-state index contributed by atoms with van der Waals surface area (Å²) in [5.41, 5.74) is 3.06. The molecule has 4 heterocycles. The maximum absolute atomic E-state index is 13.4. The number of nitrogens with zero attached hydrogens (tertiary/aromatic N) is 6. The molecule has 1 aliphatic rings. The minimum atomic E-state index is 0.0205. The van der Waals surface area contributed by atoms with Gasteiger partial charge in [0.05, 0.1) is 29.2 Å². The van der Waals surface area contributed by atoms with Crippen molar-refractivity contribution in [3.8, 4) is 11.3 Å². The molecule has 0 aliphatic carbocycles. The van der Waals surface area contributed by atoms with Crippen LogP contribution in [0.15, 0.2) is 61.3 Å². The van der Waals surface area contributed by atoms with Gasteiger partial charge in [0.1, 0.15) is 5.82 Å². The number of carbonyl (C=O) groups excluding carboxylic acids is 1. The summed E-state index contributed by atoms with van der Waals surface area (Å²) >= 11 is 0. The van der Waals surface area contributed by atoms with Gasteiger partial charge in [0.25, 0.3) is 5.91 Å². The van der Waals surface area contributed by atoms with Crippen molar-refractivity contribution in [3.63, 3.8) is 0 Å². The Hall–Kier alpha value is -3.81. The summed E-state index contributed by atoms with van der Waals surface area (Å²) in [5, 5.41) is 7.67. The van der Waals surface area contributed by atoms with Gasteiger partial charge in [0, 0.05) is 55.7 Å². The summed E-state index contributed by atoms with van der Waals surface area (Å²) in [4.78, 5) is 30.6. The van der Waals surface area contributed by atoms with E-state index in [1.807, 2.05) is 35.2 Å². The minimum absolute atomic E-state index is 0.0205. The Kier molecular flexibility index (Phi) is 4.36. The number of hydrogen-bond acceptors (Lipinski definition) is 6. The molecular weight excluding hydrogens is 366 g/mol. The first-order chi connectivity index (χ1) is 14.3. The van der Waals surface area contributed by atoms with Gasteiger partial charge in [0.15, 0.2) is 0 Å². The van der Waals surface area contributed by atoms with Gasteiger partial charge in [-0.25, -0.2) is 9.97 Å². The van der Waals surface area contributed by atoms with E-state index >= 15 is 0 Å². The van der Waals surface area contributed by atoms with Crippen LogP contribution in [0.3, 0.4) is 0 Å². The molecule has 0 saturated carbocycles. The second-order valence-electron chi connectivity index (χ2n) is 6.90. The highest BCUT2D eigenvalue weighted by molar-refractivity contribution is 6.07. The first kappa shape index (κ1) is 17.3. The number of rotatable bonds is 3. The lowest BCUT2D eigenvalue weighted by Gasteiger charge is -2.35. The van der Waals surface area contributed by atoms with Gasteiger partial charge in [-0.2, -0.15) is 5.10 Å². The molecule has 0 radical (unpaired) electrons. The lowest BCUT2D eigenvalue weighted by molar-refractivity contribution is 0.0748. The topological polar surface area (TPSA) is 90.9 Å². The van der Waals surface area contributed by atoms with Crippen molar-refractivity contribution in [1.29, 1.82) is 0 Å². The standard InChI is InChI=1S/C21H19N7O/c29-21(28-9-7-27(8-10-28)20-14-22-5-6-23-20)17-11-19(15-12-24-25-13-15)26-18-4-2-1-3-16(17)18/h1-6,11-14H,7-10H2,(H,24,25). The van der Waals surface area contributed by atoms with Crippen molar-refractivity contribution in [1.82, 2.24) is 30.0 Å². The Balaban J connectivity index is 1.44. The Morgan fingerprint density at radius 2 is 1.90 bits per heavy atom. The van der Waals surface area contributed by atoms with Gasteiger partial charge in [-0.3, -0.25) is 14.9 Å².